The summed E-state index contributed by atoms with van der Waals surface area (Å²) in [5, 5.41) is 6.15. The Kier molecular flexibility index (Phi) is 7.33. The van der Waals surface area contributed by atoms with Crippen molar-refractivity contribution in [3.05, 3.63) is 54.0 Å². The minimum Gasteiger partial charge on any atom is -0.459 e. The van der Waals surface area contributed by atoms with Crippen molar-refractivity contribution in [2.24, 2.45) is 5.10 Å². The number of hydrogen-bond acceptors (Lipinski definition) is 7. The molecule has 0 radical (unpaired) electrons. The molecule has 11 heteroatoms. The Hall–Kier alpha value is -3.02. The fourth-order valence-corrected chi connectivity index (χ4v) is 3.72. The second-order valence-electron chi connectivity index (χ2n) is 6.49. The predicted molar refractivity (Wildman–Crippen MR) is 107 cm³/mol. The fourth-order valence-electron chi connectivity index (χ4n) is 2.71. The summed E-state index contributed by atoms with van der Waals surface area (Å²) in [4.78, 5) is 23.6. The number of nitrogens with zero attached hydrogens (tertiary/aromatic N) is 1. The molecule has 1 aliphatic rings. The lowest BCUT2D eigenvalue weighted by Crippen LogP contribution is -2.41. The zero-order valence-electron chi connectivity index (χ0n) is 16.0. The predicted octanol–water partition coefficient (Wildman–Crippen LogP) is 0.503. The molecule has 0 saturated carbocycles. The van der Waals surface area contributed by atoms with Gasteiger partial charge in [0, 0.05) is 13.2 Å². The van der Waals surface area contributed by atoms with Gasteiger partial charge in [0.2, 0.25) is 10.0 Å². The second-order valence-corrected chi connectivity index (χ2v) is 8.25. The van der Waals surface area contributed by atoms with Gasteiger partial charge in [0.1, 0.15) is 11.5 Å². The van der Waals surface area contributed by atoms with E-state index in [0.29, 0.717) is 12.4 Å². The van der Waals surface area contributed by atoms with Gasteiger partial charge >= 0.3 is 11.8 Å². The average Bonchev–Trinajstić information content (AvgIpc) is 3.43. The van der Waals surface area contributed by atoms with Crippen LogP contribution in [0.5, 0.6) is 0 Å². The molecule has 2 aromatic rings. The SMILES string of the molecule is O=C(NC[C@@H]1CCCO1)C(=O)N/N=C/c1ccc(CNS(=O)(=O)c2ccccc2)o1. The molecule has 160 valence electrons. The van der Waals surface area contributed by atoms with Gasteiger partial charge in [-0.1, -0.05) is 18.2 Å². The summed E-state index contributed by atoms with van der Waals surface area (Å²) in [6.45, 7) is 0.884. The van der Waals surface area contributed by atoms with Crippen molar-refractivity contribution in [3.8, 4) is 0 Å². The largest absolute Gasteiger partial charge is 0.459 e. The standard InChI is InChI=1S/C19H22N4O6S/c24-18(20-11-14-5-4-10-28-14)19(25)23-21-12-15-8-9-16(29-15)13-22-30(26,27)17-6-2-1-3-7-17/h1-3,6-9,12,14,22H,4-5,10-11,13H2,(H,20,24)(H,23,25)/b21-12+/t14-/m0/s1. The molecule has 1 atom stereocenters. The number of hydrogen-bond donors (Lipinski definition) is 3. The van der Waals surface area contributed by atoms with Gasteiger partial charge in [-0.25, -0.2) is 18.6 Å². The molecule has 0 unspecified atom stereocenters. The zero-order valence-corrected chi connectivity index (χ0v) is 16.9. The Labute approximate surface area is 173 Å². The number of ether oxygens (including phenoxy) is 1. The molecule has 0 spiro atoms. The van der Waals surface area contributed by atoms with Gasteiger partial charge in [0.25, 0.3) is 0 Å². The van der Waals surface area contributed by atoms with Crippen LogP contribution >= 0.6 is 0 Å². The monoisotopic (exact) mass is 434 g/mol. The lowest BCUT2D eigenvalue weighted by molar-refractivity contribution is -0.139. The van der Waals surface area contributed by atoms with Crippen LogP contribution in [0.15, 0.2) is 56.9 Å². The first-order chi connectivity index (χ1) is 14.4. The molecule has 1 aromatic carbocycles. The van der Waals surface area contributed by atoms with Gasteiger partial charge in [-0.15, -0.1) is 0 Å². The molecule has 1 fully saturated rings. The summed E-state index contributed by atoms with van der Waals surface area (Å²) in [5.41, 5.74) is 2.10. The van der Waals surface area contributed by atoms with Crippen molar-refractivity contribution in [3.63, 3.8) is 0 Å². The number of carbonyl (C=O) groups excluding carboxylic acids is 2. The molecule has 2 heterocycles. The van der Waals surface area contributed by atoms with Crippen LogP contribution in [0.25, 0.3) is 0 Å². The quantitative estimate of drug-likeness (QED) is 0.314. The van der Waals surface area contributed by atoms with E-state index in [1.807, 2.05) is 0 Å². The van der Waals surface area contributed by atoms with Gasteiger partial charge in [-0.05, 0) is 37.1 Å². The summed E-state index contributed by atoms with van der Waals surface area (Å²) in [7, 11) is -3.65. The van der Waals surface area contributed by atoms with E-state index in [9.17, 15) is 18.0 Å². The van der Waals surface area contributed by atoms with E-state index < -0.39 is 21.8 Å². The van der Waals surface area contributed by atoms with Crippen LogP contribution in [-0.2, 0) is 30.9 Å². The molecule has 1 aliphatic heterocycles. The molecule has 30 heavy (non-hydrogen) atoms. The van der Waals surface area contributed by atoms with Crippen molar-refractivity contribution in [1.82, 2.24) is 15.5 Å². The van der Waals surface area contributed by atoms with E-state index in [4.69, 9.17) is 9.15 Å². The Balaban J connectivity index is 1.43. The smallest absolute Gasteiger partial charge is 0.329 e. The normalized spacial score (nSPS) is 16.6. The van der Waals surface area contributed by atoms with Crippen molar-refractivity contribution < 1.29 is 27.2 Å². The number of sulfonamides is 1. The van der Waals surface area contributed by atoms with Crippen LogP contribution in [0.3, 0.4) is 0 Å². The first-order valence-electron chi connectivity index (χ1n) is 9.30. The van der Waals surface area contributed by atoms with Crippen LogP contribution in [0.2, 0.25) is 0 Å². The maximum absolute atomic E-state index is 12.2. The van der Waals surface area contributed by atoms with Crippen molar-refractivity contribution in [2.75, 3.05) is 13.2 Å². The van der Waals surface area contributed by atoms with Gasteiger partial charge in [-0.2, -0.15) is 5.10 Å². The number of amides is 2. The fraction of sp³-hybridized carbons (Fsp3) is 0.316. The van der Waals surface area contributed by atoms with E-state index in [-0.39, 0.29) is 29.8 Å². The topological polar surface area (TPSA) is 139 Å². The maximum atomic E-state index is 12.2. The molecule has 2 amide bonds. The summed E-state index contributed by atoms with van der Waals surface area (Å²) >= 11 is 0. The minimum absolute atomic E-state index is 0.0525. The molecular weight excluding hydrogens is 412 g/mol. The third-order valence-electron chi connectivity index (χ3n) is 4.25. The molecule has 1 saturated heterocycles. The third kappa shape index (κ3) is 6.24. The molecule has 3 rings (SSSR count). The highest BCUT2D eigenvalue weighted by Crippen LogP contribution is 2.11. The Morgan fingerprint density at radius 1 is 1.13 bits per heavy atom. The number of hydrazone groups is 1. The lowest BCUT2D eigenvalue weighted by atomic mass is 10.2. The Morgan fingerprint density at radius 3 is 2.67 bits per heavy atom. The van der Waals surface area contributed by atoms with Gasteiger partial charge in [0.05, 0.1) is 23.8 Å². The molecule has 10 nitrogen and oxygen atoms in total. The van der Waals surface area contributed by atoms with Crippen LogP contribution in [-0.4, -0.2) is 45.7 Å². The average molecular weight is 434 g/mol. The first-order valence-corrected chi connectivity index (χ1v) is 10.8. The molecular formula is C19H22N4O6S. The third-order valence-corrected chi connectivity index (χ3v) is 5.67. The van der Waals surface area contributed by atoms with Crippen LogP contribution in [0, 0.1) is 0 Å². The second kappa shape index (κ2) is 10.1. The zero-order chi connectivity index (χ0) is 21.4. The summed E-state index contributed by atoms with van der Waals surface area (Å²) < 4.78 is 37.6. The van der Waals surface area contributed by atoms with Crippen molar-refractivity contribution in [1.29, 1.82) is 0 Å². The van der Waals surface area contributed by atoms with Gasteiger partial charge < -0.3 is 14.5 Å². The number of benzene rings is 1. The lowest BCUT2D eigenvalue weighted by Gasteiger charge is -2.09. The molecule has 0 aliphatic carbocycles. The minimum atomic E-state index is -3.65. The number of carbonyl (C=O) groups is 2. The van der Waals surface area contributed by atoms with Gasteiger partial charge in [-0.3, -0.25) is 9.59 Å². The number of furan rings is 1. The Bertz CT molecular complexity index is 997. The molecule has 3 N–H and O–H groups in total. The van der Waals surface area contributed by atoms with Crippen molar-refractivity contribution in [2.45, 2.75) is 30.4 Å². The van der Waals surface area contributed by atoms with E-state index >= 15 is 0 Å². The summed E-state index contributed by atoms with van der Waals surface area (Å²) in [6, 6.07) is 11.1. The van der Waals surface area contributed by atoms with Gasteiger partial charge in [0.15, 0.2) is 0 Å². The van der Waals surface area contributed by atoms with Crippen LogP contribution in [0.1, 0.15) is 24.4 Å². The molecule has 1 aromatic heterocycles. The van der Waals surface area contributed by atoms with Crippen molar-refractivity contribution >= 4 is 28.1 Å². The summed E-state index contributed by atoms with van der Waals surface area (Å²) in [6.07, 6.45) is 2.93. The highest BCUT2D eigenvalue weighted by atomic mass is 32.2. The number of rotatable bonds is 8. The highest BCUT2D eigenvalue weighted by Gasteiger charge is 2.19. The highest BCUT2D eigenvalue weighted by molar-refractivity contribution is 7.89. The van der Waals surface area contributed by atoms with E-state index in [1.54, 1.807) is 30.3 Å². The Morgan fingerprint density at radius 2 is 1.93 bits per heavy atom. The summed E-state index contributed by atoms with van der Waals surface area (Å²) in [5.74, 6) is -1.08. The van der Waals surface area contributed by atoms with Crippen LogP contribution in [0.4, 0.5) is 0 Å². The molecule has 0 bridgehead atoms. The van der Waals surface area contributed by atoms with E-state index in [2.05, 4.69) is 20.6 Å². The van der Waals surface area contributed by atoms with E-state index in [0.717, 1.165) is 12.8 Å². The maximum Gasteiger partial charge on any atom is 0.329 e. The number of nitrogens with one attached hydrogen (secondary N) is 3. The van der Waals surface area contributed by atoms with E-state index in [1.165, 1.54) is 18.3 Å². The first kappa shape index (κ1) is 21.7. The van der Waals surface area contributed by atoms with Crippen LogP contribution < -0.4 is 15.5 Å².